The first-order chi connectivity index (χ1) is 9.41. The lowest BCUT2D eigenvalue weighted by molar-refractivity contribution is -0.137. The first kappa shape index (κ1) is 17.5. The molecule has 2 aromatic rings. The zero-order valence-corrected chi connectivity index (χ0v) is 12.3. The smallest absolute Gasteiger partial charge is 0.324 e. The van der Waals surface area contributed by atoms with Crippen LogP contribution in [0, 0.1) is 0 Å². The third-order valence-corrected chi connectivity index (χ3v) is 3.32. The maximum Gasteiger partial charge on any atom is 0.416 e. The third-order valence-electron chi connectivity index (χ3n) is 3.32. The maximum atomic E-state index is 12.5. The lowest BCUT2D eigenvalue weighted by Crippen LogP contribution is -2.08. The highest BCUT2D eigenvalue weighted by molar-refractivity contribution is 5.85. The SMILES string of the molecule is CC[C@H](N)c1ccc(-c2ccc(C(F)(F)F)cc2)cc1.Cl. The predicted molar refractivity (Wildman–Crippen MR) is 81.3 cm³/mol. The van der Waals surface area contributed by atoms with Crippen molar-refractivity contribution in [3.8, 4) is 11.1 Å². The van der Waals surface area contributed by atoms with E-state index in [1.54, 1.807) is 0 Å². The number of benzene rings is 2. The van der Waals surface area contributed by atoms with Crippen LogP contribution in [0.4, 0.5) is 13.2 Å². The van der Waals surface area contributed by atoms with Gasteiger partial charge in [-0.15, -0.1) is 12.4 Å². The van der Waals surface area contributed by atoms with E-state index in [1.807, 2.05) is 31.2 Å². The van der Waals surface area contributed by atoms with Gasteiger partial charge in [-0.25, -0.2) is 0 Å². The Bertz CT molecular complexity index is 562. The van der Waals surface area contributed by atoms with E-state index in [9.17, 15) is 13.2 Å². The predicted octanol–water partition coefficient (Wildman–Crippen LogP) is 5.20. The van der Waals surface area contributed by atoms with Gasteiger partial charge in [-0.3, -0.25) is 0 Å². The van der Waals surface area contributed by atoms with E-state index >= 15 is 0 Å². The van der Waals surface area contributed by atoms with Gasteiger partial charge in [0.2, 0.25) is 0 Å². The van der Waals surface area contributed by atoms with Gasteiger partial charge in [0.05, 0.1) is 5.56 Å². The molecular formula is C16H17ClF3N. The summed E-state index contributed by atoms with van der Waals surface area (Å²) < 4.78 is 37.5. The Morgan fingerprint density at radius 2 is 1.33 bits per heavy atom. The molecule has 0 radical (unpaired) electrons. The number of rotatable bonds is 3. The molecule has 0 bridgehead atoms. The molecular weight excluding hydrogens is 299 g/mol. The van der Waals surface area contributed by atoms with Crippen LogP contribution in [-0.4, -0.2) is 0 Å². The van der Waals surface area contributed by atoms with Crippen molar-refractivity contribution >= 4 is 12.4 Å². The summed E-state index contributed by atoms with van der Waals surface area (Å²) in [4.78, 5) is 0. The highest BCUT2D eigenvalue weighted by atomic mass is 35.5. The summed E-state index contributed by atoms with van der Waals surface area (Å²) in [7, 11) is 0. The molecule has 1 atom stereocenters. The molecule has 21 heavy (non-hydrogen) atoms. The number of halogens is 4. The zero-order valence-electron chi connectivity index (χ0n) is 11.5. The second-order valence-electron chi connectivity index (χ2n) is 4.71. The molecule has 0 heterocycles. The first-order valence-corrected chi connectivity index (χ1v) is 6.45. The van der Waals surface area contributed by atoms with E-state index in [4.69, 9.17) is 5.73 Å². The van der Waals surface area contributed by atoms with Crippen molar-refractivity contribution in [2.75, 3.05) is 0 Å². The van der Waals surface area contributed by atoms with E-state index in [2.05, 4.69) is 0 Å². The van der Waals surface area contributed by atoms with Crippen molar-refractivity contribution < 1.29 is 13.2 Å². The molecule has 0 fully saturated rings. The van der Waals surface area contributed by atoms with Gasteiger partial charge in [-0.1, -0.05) is 43.3 Å². The molecule has 5 heteroatoms. The van der Waals surface area contributed by atoms with E-state index in [-0.39, 0.29) is 18.4 Å². The minimum Gasteiger partial charge on any atom is -0.324 e. The quantitative estimate of drug-likeness (QED) is 0.827. The van der Waals surface area contributed by atoms with E-state index < -0.39 is 11.7 Å². The van der Waals surface area contributed by atoms with Gasteiger partial charge in [-0.2, -0.15) is 13.2 Å². The number of hydrogen-bond donors (Lipinski definition) is 1. The normalized spacial score (nSPS) is 12.6. The Morgan fingerprint density at radius 1 is 0.905 bits per heavy atom. The molecule has 0 spiro atoms. The van der Waals surface area contributed by atoms with Crippen LogP contribution < -0.4 is 5.73 Å². The minimum absolute atomic E-state index is 0. The third kappa shape index (κ3) is 4.22. The van der Waals surface area contributed by atoms with Crippen molar-refractivity contribution in [1.29, 1.82) is 0 Å². The van der Waals surface area contributed by atoms with Gasteiger partial charge in [0, 0.05) is 6.04 Å². The fraction of sp³-hybridized carbons (Fsp3) is 0.250. The molecule has 114 valence electrons. The van der Waals surface area contributed by atoms with Crippen LogP contribution in [0.2, 0.25) is 0 Å². The van der Waals surface area contributed by atoms with Crippen LogP contribution in [0.1, 0.15) is 30.5 Å². The molecule has 2 aromatic carbocycles. The van der Waals surface area contributed by atoms with Gasteiger partial charge < -0.3 is 5.73 Å². The fourth-order valence-corrected chi connectivity index (χ4v) is 2.01. The molecule has 0 amide bonds. The van der Waals surface area contributed by atoms with Crippen LogP contribution >= 0.6 is 12.4 Å². The van der Waals surface area contributed by atoms with Crippen molar-refractivity contribution in [3.05, 3.63) is 59.7 Å². The Balaban J connectivity index is 0.00000220. The van der Waals surface area contributed by atoms with E-state index in [0.29, 0.717) is 0 Å². The fourth-order valence-electron chi connectivity index (χ4n) is 2.01. The van der Waals surface area contributed by atoms with Crippen LogP contribution in [0.15, 0.2) is 48.5 Å². The lowest BCUT2D eigenvalue weighted by atomic mass is 9.99. The average molecular weight is 316 g/mol. The Kier molecular flexibility index (Phi) is 5.81. The van der Waals surface area contributed by atoms with Gasteiger partial charge in [-0.05, 0) is 35.2 Å². The molecule has 0 aliphatic carbocycles. The van der Waals surface area contributed by atoms with Gasteiger partial charge in [0.1, 0.15) is 0 Å². The van der Waals surface area contributed by atoms with Crippen molar-refractivity contribution in [1.82, 2.24) is 0 Å². The van der Waals surface area contributed by atoms with Crippen molar-refractivity contribution in [2.45, 2.75) is 25.6 Å². The van der Waals surface area contributed by atoms with Crippen molar-refractivity contribution in [3.63, 3.8) is 0 Å². The van der Waals surface area contributed by atoms with Crippen molar-refractivity contribution in [2.24, 2.45) is 5.73 Å². The highest BCUT2D eigenvalue weighted by Gasteiger charge is 2.29. The van der Waals surface area contributed by atoms with Gasteiger partial charge in [0.15, 0.2) is 0 Å². The molecule has 0 unspecified atom stereocenters. The maximum absolute atomic E-state index is 12.5. The minimum atomic E-state index is -4.30. The molecule has 0 aliphatic rings. The highest BCUT2D eigenvalue weighted by Crippen LogP contribution is 2.31. The number of alkyl halides is 3. The average Bonchev–Trinajstić information content (AvgIpc) is 2.46. The molecule has 2 N–H and O–H groups in total. The molecule has 0 saturated heterocycles. The van der Waals surface area contributed by atoms with Crippen LogP contribution in [0.3, 0.4) is 0 Å². The largest absolute Gasteiger partial charge is 0.416 e. The second-order valence-corrected chi connectivity index (χ2v) is 4.71. The van der Waals surface area contributed by atoms with Gasteiger partial charge >= 0.3 is 6.18 Å². The first-order valence-electron chi connectivity index (χ1n) is 6.45. The topological polar surface area (TPSA) is 26.0 Å². The molecule has 1 nitrogen and oxygen atoms in total. The Morgan fingerprint density at radius 3 is 1.71 bits per heavy atom. The number of hydrogen-bond acceptors (Lipinski definition) is 1. The zero-order chi connectivity index (χ0) is 14.8. The summed E-state index contributed by atoms with van der Waals surface area (Å²) in [5, 5.41) is 0. The summed E-state index contributed by atoms with van der Waals surface area (Å²) in [6.07, 6.45) is -3.45. The molecule has 0 aliphatic heterocycles. The Labute approximate surface area is 128 Å². The summed E-state index contributed by atoms with van der Waals surface area (Å²) in [5.41, 5.74) is 7.96. The number of nitrogens with two attached hydrogens (primary N) is 1. The molecule has 0 saturated carbocycles. The van der Waals surface area contributed by atoms with Gasteiger partial charge in [0.25, 0.3) is 0 Å². The van der Waals surface area contributed by atoms with E-state index in [1.165, 1.54) is 12.1 Å². The van der Waals surface area contributed by atoms with E-state index in [0.717, 1.165) is 35.2 Å². The lowest BCUT2D eigenvalue weighted by Gasteiger charge is -2.11. The monoisotopic (exact) mass is 315 g/mol. The second kappa shape index (κ2) is 6.96. The molecule has 2 rings (SSSR count). The summed E-state index contributed by atoms with van der Waals surface area (Å²) in [5.74, 6) is 0. The summed E-state index contributed by atoms with van der Waals surface area (Å²) >= 11 is 0. The Hall–Kier alpha value is -1.52. The standard InChI is InChI=1S/C16H16F3N.ClH/c1-2-15(20)13-5-3-11(4-6-13)12-7-9-14(10-8-12)16(17,18)19;/h3-10,15H,2,20H2,1H3;1H/t15-;/m0./s1. The molecule has 0 aromatic heterocycles. The summed E-state index contributed by atoms with van der Waals surface area (Å²) in [6.45, 7) is 2.01. The van der Waals surface area contributed by atoms with Crippen LogP contribution in [0.5, 0.6) is 0 Å². The van der Waals surface area contributed by atoms with Crippen LogP contribution in [0.25, 0.3) is 11.1 Å². The van der Waals surface area contributed by atoms with Crippen LogP contribution in [-0.2, 0) is 6.18 Å². The summed E-state index contributed by atoms with van der Waals surface area (Å²) in [6, 6.07) is 12.8.